The molecule has 224 valence electrons. The second kappa shape index (κ2) is 11.6. The highest BCUT2D eigenvalue weighted by molar-refractivity contribution is 5.76. The first kappa shape index (κ1) is 30.1. The molecule has 1 fully saturated rings. The Morgan fingerprint density at radius 2 is 1.83 bits per heavy atom. The van der Waals surface area contributed by atoms with Gasteiger partial charge in [0, 0.05) is 24.5 Å². The number of hydrogen-bond donors (Lipinski definition) is 1. The van der Waals surface area contributed by atoms with Crippen molar-refractivity contribution in [3.05, 3.63) is 36.0 Å². The molecule has 0 aliphatic heterocycles. The molecule has 4 rings (SSSR count). The zero-order valence-electron chi connectivity index (χ0n) is 22.5. The monoisotopic (exact) mass is 590 g/mol. The van der Waals surface area contributed by atoms with Gasteiger partial charge in [-0.3, -0.25) is 4.98 Å². The van der Waals surface area contributed by atoms with E-state index in [4.69, 9.17) is 14.2 Å². The highest BCUT2D eigenvalue weighted by Crippen LogP contribution is 2.40. The Morgan fingerprint density at radius 1 is 1.12 bits per heavy atom. The molecule has 0 radical (unpaired) electrons. The number of hydrogen-bond acceptors (Lipinski definition) is 7. The third-order valence-electron chi connectivity index (χ3n) is 6.32. The lowest BCUT2D eigenvalue weighted by Gasteiger charge is -2.34. The van der Waals surface area contributed by atoms with E-state index in [0.717, 1.165) is 12.3 Å². The number of fused-ring (bicyclic) bond motifs is 1. The third kappa shape index (κ3) is 6.74. The van der Waals surface area contributed by atoms with Crippen LogP contribution in [-0.2, 0) is 4.74 Å². The summed E-state index contributed by atoms with van der Waals surface area (Å²) in [5, 5.41) is 1.67. The lowest BCUT2D eigenvalue weighted by molar-refractivity contribution is -0.182. The van der Waals surface area contributed by atoms with Crippen molar-refractivity contribution in [2.45, 2.75) is 57.2 Å². The molecule has 1 saturated carbocycles. The summed E-state index contributed by atoms with van der Waals surface area (Å²) in [5.74, 6) is 0.145. The van der Waals surface area contributed by atoms with Crippen molar-refractivity contribution in [1.82, 2.24) is 29.6 Å². The number of amides is 2. The molecule has 0 saturated heterocycles. The average molecular weight is 591 g/mol. The molecule has 41 heavy (non-hydrogen) atoms. The minimum Gasteiger partial charge on any atom is -0.494 e. The molecule has 1 N–H and O–H groups in total. The van der Waals surface area contributed by atoms with Crippen LogP contribution in [0.2, 0.25) is 0 Å². The van der Waals surface area contributed by atoms with Gasteiger partial charge < -0.3 is 28.8 Å². The third-order valence-corrected chi connectivity index (χ3v) is 6.32. The van der Waals surface area contributed by atoms with E-state index in [2.05, 4.69) is 15.0 Å². The van der Waals surface area contributed by atoms with Crippen LogP contribution in [0.25, 0.3) is 16.9 Å². The zero-order valence-corrected chi connectivity index (χ0v) is 22.5. The van der Waals surface area contributed by atoms with Crippen LogP contribution < -0.4 is 14.8 Å². The van der Waals surface area contributed by atoms with E-state index in [1.165, 1.54) is 27.3 Å². The fourth-order valence-electron chi connectivity index (χ4n) is 4.20. The molecule has 3 heterocycles. The van der Waals surface area contributed by atoms with Crippen LogP contribution in [0, 0.1) is 6.92 Å². The predicted octanol–water partition coefficient (Wildman–Crippen LogP) is 4.86. The van der Waals surface area contributed by atoms with Gasteiger partial charge in [-0.25, -0.2) is 14.8 Å². The van der Waals surface area contributed by atoms with Gasteiger partial charge in [0.25, 0.3) is 5.88 Å². The summed E-state index contributed by atoms with van der Waals surface area (Å²) in [6, 6.07) is -5.75. The second-order valence-corrected chi connectivity index (χ2v) is 9.36. The first-order valence-electron chi connectivity index (χ1n) is 12.5. The van der Waals surface area contributed by atoms with Crippen LogP contribution in [0.1, 0.15) is 37.2 Å². The van der Waals surface area contributed by atoms with Gasteiger partial charge in [0.05, 0.1) is 50.2 Å². The first-order chi connectivity index (χ1) is 19.3. The number of carbonyl (C=O) groups excluding carboxylic acids is 1. The number of alkyl halides is 6. The average Bonchev–Trinajstić information content (AvgIpc) is 3.65. The molecule has 0 spiro atoms. The van der Waals surface area contributed by atoms with Crippen LogP contribution in [0.5, 0.6) is 11.6 Å². The Labute approximate surface area is 230 Å². The van der Waals surface area contributed by atoms with Crippen molar-refractivity contribution in [1.29, 1.82) is 0 Å². The summed E-state index contributed by atoms with van der Waals surface area (Å²) in [4.78, 5) is 25.7. The molecule has 0 bridgehead atoms. The SMILES string of the molecule is CCN(C(=O)N[C@@H](COC1CC1)C(F)(F)F)[C@@H](c1cc(-c2cn3cc(C)nc3c(OC)n2)c(OC)cn1)C(F)(F)F. The number of rotatable bonds is 10. The van der Waals surface area contributed by atoms with Crippen molar-refractivity contribution >= 4 is 11.7 Å². The molecule has 10 nitrogen and oxygen atoms in total. The molecule has 2 amide bonds. The number of aromatic nitrogens is 4. The molecule has 16 heteroatoms. The Balaban J connectivity index is 1.73. The lowest BCUT2D eigenvalue weighted by atomic mass is 10.1. The highest BCUT2D eigenvalue weighted by Gasteiger charge is 2.49. The van der Waals surface area contributed by atoms with Gasteiger partial charge in [0.1, 0.15) is 11.8 Å². The van der Waals surface area contributed by atoms with Crippen molar-refractivity contribution in [2.75, 3.05) is 27.4 Å². The van der Waals surface area contributed by atoms with Crippen LogP contribution >= 0.6 is 0 Å². The van der Waals surface area contributed by atoms with Gasteiger partial charge in [-0.15, -0.1) is 0 Å². The number of halogens is 6. The maximum absolute atomic E-state index is 14.5. The number of carbonyl (C=O) groups is 1. The molecule has 2 atom stereocenters. The topological polar surface area (TPSA) is 103 Å². The van der Waals surface area contributed by atoms with Crippen molar-refractivity contribution in [3.63, 3.8) is 0 Å². The minimum absolute atomic E-state index is 0.0577. The molecular formula is C25H28F6N6O4. The van der Waals surface area contributed by atoms with E-state index in [1.807, 2.05) is 0 Å². The predicted molar refractivity (Wildman–Crippen MR) is 133 cm³/mol. The number of nitrogens with zero attached hydrogens (tertiary/aromatic N) is 5. The van der Waals surface area contributed by atoms with E-state index in [9.17, 15) is 31.1 Å². The number of urea groups is 1. The van der Waals surface area contributed by atoms with Gasteiger partial charge in [-0.2, -0.15) is 26.3 Å². The molecule has 3 aromatic heterocycles. The molecule has 0 unspecified atom stereocenters. The highest BCUT2D eigenvalue weighted by atomic mass is 19.4. The first-order valence-corrected chi connectivity index (χ1v) is 12.5. The van der Waals surface area contributed by atoms with Gasteiger partial charge >= 0.3 is 18.4 Å². The standard InChI is InChI=1S/C25H28F6N6O4/c1-5-37(23(38)35-19(24(26,27)28)12-41-14-6-7-14)20(25(29,30)31)16-8-15(18(39-3)9-32-16)17-11-36-10-13(2)33-21(36)22(34-17)40-4/h8-11,14,19-20H,5-7,12H2,1-4H3,(H,35,38)/t19-,20-/m0/s1. The van der Waals surface area contributed by atoms with E-state index in [-0.39, 0.29) is 33.9 Å². The zero-order chi connectivity index (χ0) is 30.1. The largest absolute Gasteiger partial charge is 0.494 e. The lowest BCUT2D eigenvalue weighted by Crippen LogP contribution is -2.55. The van der Waals surface area contributed by atoms with Gasteiger partial charge in [-0.05, 0) is 32.8 Å². The van der Waals surface area contributed by atoms with E-state index >= 15 is 0 Å². The number of imidazole rings is 1. The van der Waals surface area contributed by atoms with E-state index in [0.29, 0.717) is 24.2 Å². The quantitative estimate of drug-likeness (QED) is 0.337. The number of nitrogens with one attached hydrogen (secondary N) is 1. The van der Waals surface area contributed by atoms with Gasteiger partial charge in [0.15, 0.2) is 6.04 Å². The second-order valence-electron chi connectivity index (χ2n) is 9.36. The fourth-order valence-corrected chi connectivity index (χ4v) is 4.20. The Bertz CT molecular complexity index is 1390. The summed E-state index contributed by atoms with van der Waals surface area (Å²) in [7, 11) is 2.64. The minimum atomic E-state index is -5.11. The normalized spacial score (nSPS) is 15.5. The Kier molecular flexibility index (Phi) is 8.52. The number of methoxy groups -OCH3 is 2. The van der Waals surface area contributed by atoms with Crippen LogP contribution in [0.4, 0.5) is 31.1 Å². The molecular weight excluding hydrogens is 562 g/mol. The summed E-state index contributed by atoms with van der Waals surface area (Å²) in [6.07, 6.45) is -5.08. The van der Waals surface area contributed by atoms with E-state index < -0.39 is 49.3 Å². The van der Waals surface area contributed by atoms with Crippen LogP contribution in [0.3, 0.4) is 0 Å². The summed E-state index contributed by atoms with van der Waals surface area (Å²) in [6.45, 7) is 1.45. The van der Waals surface area contributed by atoms with Crippen molar-refractivity contribution in [3.8, 4) is 22.9 Å². The fraction of sp³-hybridized carbons (Fsp3) is 0.520. The summed E-state index contributed by atoms with van der Waals surface area (Å²) >= 11 is 0. The summed E-state index contributed by atoms with van der Waals surface area (Å²) < 4.78 is 102. The van der Waals surface area contributed by atoms with Crippen LogP contribution in [0.15, 0.2) is 24.7 Å². The maximum Gasteiger partial charge on any atom is 0.414 e. The Morgan fingerprint density at radius 3 is 2.39 bits per heavy atom. The number of aryl methyl sites for hydroxylation is 1. The molecule has 0 aromatic carbocycles. The maximum atomic E-state index is 14.5. The molecule has 1 aliphatic rings. The van der Waals surface area contributed by atoms with Crippen LogP contribution in [-0.4, -0.2) is 82.2 Å². The molecule has 1 aliphatic carbocycles. The van der Waals surface area contributed by atoms with Gasteiger partial charge in [-0.1, -0.05) is 0 Å². The number of ether oxygens (including phenoxy) is 3. The molecule has 3 aromatic rings. The van der Waals surface area contributed by atoms with Gasteiger partial charge in [0.2, 0.25) is 5.65 Å². The van der Waals surface area contributed by atoms with Crippen molar-refractivity contribution < 1.29 is 45.3 Å². The van der Waals surface area contributed by atoms with E-state index in [1.54, 1.807) is 22.8 Å². The Hall–Kier alpha value is -3.82. The smallest absolute Gasteiger partial charge is 0.414 e. The number of pyridine rings is 1. The summed E-state index contributed by atoms with van der Waals surface area (Å²) in [5.41, 5.74) is 0.543. The van der Waals surface area contributed by atoms with Crippen molar-refractivity contribution in [2.24, 2.45) is 0 Å².